The van der Waals surface area contributed by atoms with Gasteiger partial charge in [-0.15, -0.1) is 0 Å². The molecule has 120 valence electrons. The summed E-state index contributed by atoms with van der Waals surface area (Å²) in [6.07, 6.45) is 6.12. The van der Waals surface area contributed by atoms with E-state index in [0.29, 0.717) is 5.41 Å². The average Bonchev–Trinajstić information content (AvgIpc) is 2.44. The number of rotatable bonds is 9. The van der Waals surface area contributed by atoms with Crippen LogP contribution in [0.1, 0.15) is 71.4 Å². The number of benzene rings is 1. The second kappa shape index (κ2) is 9.25. The van der Waals surface area contributed by atoms with Crippen molar-refractivity contribution in [3.8, 4) is 0 Å². The number of hydrogen-bond donors (Lipinski definition) is 0. The van der Waals surface area contributed by atoms with Crippen LogP contribution in [0.2, 0.25) is 0 Å². The first-order chi connectivity index (χ1) is 9.97. The van der Waals surface area contributed by atoms with E-state index in [2.05, 4.69) is 58.9 Å². The first-order valence-corrected chi connectivity index (χ1v) is 8.63. The Morgan fingerprint density at radius 3 is 2.10 bits per heavy atom. The molecule has 1 nitrogen and oxygen atoms in total. The maximum absolute atomic E-state index is 5.67. The fourth-order valence-electron chi connectivity index (χ4n) is 2.68. The molecule has 0 spiro atoms. The van der Waals surface area contributed by atoms with Gasteiger partial charge in [0.2, 0.25) is 0 Å². The van der Waals surface area contributed by atoms with Gasteiger partial charge in [-0.2, -0.15) is 0 Å². The summed E-state index contributed by atoms with van der Waals surface area (Å²) in [7, 11) is 0. The van der Waals surface area contributed by atoms with Gasteiger partial charge in [-0.25, -0.2) is 0 Å². The minimum atomic E-state index is 0.387. The van der Waals surface area contributed by atoms with E-state index in [1.54, 1.807) is 0 Å². The second-order valence-electron chi connectivity index (χ2n) is 7.28. The summed E-state index contributed by atoms with van der Waals surface area (Å²) in [4.78, 5) is 0. The van der Waals surface area contributed by atoms with Crippen LogP contribution in [0.4, 0.5) is 0 Å². The minimum absolute atomic E-state index is 0.387. The summed E-state index contributed by atoms with van der Waals surface area (Å²) in [5, 5.41) is 0. The highest BCUT2D eigenvalue weighted by molar-refractivity contribution is 5.22. The standard InChI is InChI=1S/C20H34O/c1-6-8-14-21-16-18-12-10-17(11-13-18)15-19(9-7-2)20(3,4)5/h10-13,19H,6-9,14-16H2,1-5H3. The third kappa shape index (κ3) is 7.13. The van der Waals surface area contributed by atoms with Crippen molar-refractivity contribution < 1.29 is 4.74 Å². The maximum Gasteiger partial charge on any atom is 0.0716 e. The van der Waals surface area contributed by atoms with Crippen LogP contribution in [0.15, 0.2) is 24.3 Å². The molecule has 0 aromatic heterocycles. The maximum atomic E-state index is 5.67. The molecule has 0 fully saturated rings. The molecule has 0 aliphatic rings. The quantitative estimate of drug-likeness (QED) is 0.506. The van der Waals surface area contributed by atoms with Crippen molar-refractivity contribution in [3.05, 3.63) is 35.4 Å². The SMILES string of the molecule is CCCCOCc1ccc(CC(CCC)C(C)(C)C)cc1. The van der Waals surface area contributed by atoms with Crippen molar-refractivity contribution in [1.82, 2.24) is 0 Å². The van der Waals surface area contributed by atoms with Gasteiger partial charge in [-0.3, -0.25) is 0 Å². The largest absolute Gasteiger partial charge is 0.377 e. The zero-order chi connectivity index (χ0) is 15.7. The Morgan fingerprint density at radius 2 is 1.57 bits per heavy atom. The van der Waals surface area contributed by atoms with Crippen LogP contribution in [-0.2, 0) is 17.8 Å². The lowest BCUT2D eigenvalue weighted by molar-refractivity contribution is 0.118. The zero-order valence-corrected chi connectivity index (χ0v) is 14.7. The van der Waals surface area contributed by atoms with E-state index >= 15 is 0 Å². The molecule has 0 radical (unpaired) electrons. The molecule has 0 aliphatic carbocycles. The molecule has 0 aliphatic heterocycles. The minimum Gasteiger partial charge on any atom is -0.377 e. The van der Waals surface area contributed by atoms with Gasteiger partial charge >= 0.3 is 0 Å². The summed E-state index contributed by atoms with van der Waals surface area (Å²) in [5.74, 6) is 0.758. The van der Waals surface area contributed by atoms with Crippen molar-refractivity contribution in [2.45, 2.75) is 73.3 Å². The molecular formula is C20H34O. The van der Waals surface area contributed by atoms with Gasteiger partial charge in [0.1, 0.15) is 0 Å². The van der Waals surface area contributed by atoms with Gasteiger partial charge in [-0.1, -0.05) is 71.7 Å². The summed E-state index contributed by atoms with van der Waals surface area (Å²) < 4.78 is 5.67. The first-order valence-electron chi connectivity index (χ1n) is 8.63. The molecule has 0 saturated heterocycles. The van der Waals surface area contributed by atoms with E-state index in [4.69, 9.17) is 4.74 Å². The summed E-state index contributed by atoms with van der Waals surface area (Å²) in [5.41, 5.74) is 3.14. The van der Waals surface area contributed by atoms with Gasteiger partial charge in [0.25, 0.3) is 0 Å². The summed E-state index contributed by atoms with van der Waals surface area (Å²) >= 11 is 0. The van der Waals surface area contributed by atoms with Gasteiger partial charge in [0, 0.05) is 6.61 Å². The van der Waals surface area contributed by atoms with E-state index in [-0.39, 0.29) is 0 Å². The molecule has 1 aromatic rings. The molecule has 21 heavy (non-hydrogen) atoms. The molecule has 1 aromatic carbocycles. The molecule has 0 saturated carbocycles. The number of ether oxygens (including phenoxy) is 1. The van der Waals surface area contributed by atoms with Gasteiger partial charge < -0.3 is 4.74 Å². The lowest BCUT2D eigenvalue weighted by Crippen LogP contribution is -2.22. The lowest BCUT2D eigenvalue weighted by atomic mass is 9.75. The third-order valence-electron chi connectivity index (χ3n) is 4.28. The van der Waals surface area contributed by atoms with Crippen molar-refractivity contribution in [2.75, 3.05) is 6.61 Å². The Balaban J connectivity index is 2.52. The van der Waals surface area contributed by atoms with Crippen molar-refractivity contribution in [3.63, 3.8) is 0 Å². The Bertz CT molecular complexity index is 372. The molecule has 1 atom stereocenters. The fraction of sp³-hybridized carbons (Fsp3) is 0.700. The molecule has 0 amide bonds. The molecule has 0 heterocycles. The monoisotopic (exact) mass is 290 g/mol. The topological polar surface area (TPSA) is 9.23 Å². The highest BCUT2D eigenvalue weighted by atomic mass is 16.5. The van der Waals surface area contributed by atoms with E-state index in [1.807, 2.05) is 0 Å². The number of unbranched alkanes of at least 4 members (excludes halogenated alkanes) is 1. The van der Waals surface area contributed by atoms with Crippen molar-refractivity contribution in [1.29, 1.82) is 0 Å². The van der Waals surface area contributed by atoms with E-state index in [0.717, 1.165) is 25.6 Å². The van der Waals surface area contributed by atoms with Gasteiger partial charge in [-0.05, 0) is 41.7 Å². The highest BCUT2D eigenvalue weighted by Gasteiger charge is 2.23. The van der Waals surface area contributed by atoms with Crippen LogP contribution < -0.4 is 0 Å². The average molecular weight is 290 g/mol. The van der Waals surface area contributed by atoms with Crippen molar-refractivity contribution in [2.24, 2.45) is 11.3 Å². The van der Waals surface area contributed by atoms with Crippen LogP contribution in [-0.4, -0.2) is 6.61 Å². The summed E-state index contributed by atoms with van der Waals surface area (Å²) in [6.45, 7) is 13.2. The predicted octanol–water partition coefficient (Wildman–Crippen LogP) is 6.01. The van der Waals surface area contributed by atoms with Gasteiger partial charge in [0.15, 0.2) is 0 Å². The molecular weight excluding hydrogens is 256 g/mol. The van der Waals surface area contributed by atoms with Crippen LogP contribution in [0.5, 0.6) is 0 Å². The highest BCUT2D eigenvalue weighted by Crippen LogP contribution is 2.32. The summed E-state index contributed by atoms with van der Waals surface area (Å²) in [6, 6.07) is 9.03. The lowest BCUT2D eigenvalue weighted by Gasteiger charge is -2.30. The molecule has 1 heteroatoms. The predicted molar refractivity (Wildman–Crippen MR) is 92.6 cm³/mol. The Kier molecular flexibility index (Phi) is 8.03. The second-order valence-corrected chi connectivity index (χ2v) is 7.28. The van der Waals surface area contributed by atoms with E-state index in [9.17, 15) is 0 Å². The van der Waals surface area contributed by atoms with Crippen LogP contribution in [0, 0.1) is 11.3 Å². The van der Waals surface area contributed by atoms with Gasteiger partial charge in [0.05, 0.1) is 6.61 Å². The first kappa shape index (κ1) is 18.2. The normalized spacial score (nSPS) is 13.4. The van der Waals surface area contributed by atoms with E-state index in [1.165, 1.54) is 36.8 Å². The third-order valence-corrected chi connectivity index (χ3v) is 4.28. The Morgan fingerprint density at radius 1 is 0.952 bits per heavy atom. The molecule has 1 rings (SSSR count). The van der Waals surface area contributed by atoms with E-state index < -0.39 is 0 Å². The fourth-order valence-corrected chi connectivity index (χ4v) is 2.68. The zero-order valence-electron chi connectivity index (χ0n) is 14.7. The number of hydrogen-bond acceptors (Lipinski definition) is 1. The molecule has 0 N–H and O–H groups in total. The van der Waals surface area contributed by atoms with Crippen LogP contribution >= 0.6 is 0 Å². The Hall–Kier alpha value is -0.820. The Labute approximate surface area is 132 Å². The molecule has 0 bridgehead atoms. The smallest absolute Gasteiger partial charge is 0.0716 e. The van der Waals surface area contributed by atoms with Crippen molar-refractivity contribution >= 4 is 0 Å². The molecule has 1 unspecified atom stereocenters. The van der Waals surface area contributed by atoms with Crippen LogP contribution in [0.25, 0.3) is 0 Å². The van der Waals surface area contributed by atoms with Crippen LogP contribution in [0.3, 0.4) is 0 Å².